The summed E-state index contributed by atoms with van der Waals surface area (Å²) in [7, 11) is 0. The molecule has 0 atom stereocenters. The minimum absolute atomic E-state index is 0.370. The van der Waals surface area contributed by atoms with Crippen molar-refractivity contribution in [1.29, 1.82) is 0 Å². The molecule has 0 aliphatic heterocycles. The predicted molar refractivity (Wildman–Crippen MR) is 72.8 cm³/mol. The van der Waals surface area contributed by atoms with Gasteiger partial charge in [0.15, 0.2) is 0 Å². The second-order valence-corrected chi connectivity index (χ2v) is 5.38. The normalized spacial score (nSPS) is 11.1. The molecular weight excluding hydrogens is 250 g/mol. The van der Waals surface area contributed by atoms with Crippen molar-refractivity contribution in [2.24, 2.45) is 0 Å². The summed E-state index contributed by atoms with van der Waals surface area (Å²) in [5, 5.41) is 11.5. The molecule has 0 spiro atoms. The number of carbonyl (C=O) groups is 2. The van der Waals surface area contributed by atoms with Gasteiger partial charge in [-0.2, -0.15) is 11.8 Å². The smallest absolute Gasteiger partial charge is 0.328 e. The van der Waals surface area contributed by atoms with Crippen molar-refractivity contribution in [3.8, 4) is 0 Å². The van der Waals surface area contributed by atoms with Crippen LogP contribution in [0, 0.1) is 0 Å². The van der Waals surface area contributed by atoms with E-state index < -0.39 is 11.5 Å². The SMILES string of the molecule is CSCc1cccc(C(=O)NC(C)(C)C(=O)O)c1. The quantitative estimate of drug-likeness (QED) is 0.857. The number of rotatable bonds is 5. The van der Waals surface area contributed by atoms with Crippen molar-refractivity contribution in [3.05, 3.63) is 35.4 Å². The van der Waals surface area contributed by atoms with Crippen LogP contribution in [0.4, 0.5) is 0 Å². The van der Waals surface area contributed by atoms with E-state index in [-0.39, 0.29) is 5.91 Å². The first-order valence-electron chi connectivity index (χ1n) is 5.50. The van der Waals surface area contributed by atoms with Crippen LogP contribution in [0.25, 0.3) is 0 Å². The van der Waals surface area contributed by atoms with Gasteiger partial charge in [0.25, 0.3) is 5.91 Å². The molecule has 0 aliphatic carbocycles. The lowest BCUT2D eigenvalue weighted by molar-refractivity contribution is -0.143. The van der Waals surface area contributed by atoms with Crippen molar-refractivity contribution >= 4 is 23.6 Å². The molecule has 0 aromatic heterocycles. The standard InChI is InChI=1S/C13H17NO3S/c1-13(2,12(16)17)14-11(15)10-6-4-5-9(7-10)8-18-3/h4-7H,8H2,1-3H3,(H,14,15)(H,16,17). The summed E-state index contributed by atoms with van der Waals surface area (Å²) in [4.78, 5) is 22.9. The molecule has 0 saturated heterocycles. The van der Waals surface area contributed by atoms with Gasteiger partial charge in [0.1, 0.15) is 5.54 Å². The number of hydrogen-bond donors (Lipinski definition) is 2. The number of carboxylic acids is 1. The molecule has 0 fully saturated rings. The Labute approximate surface area is 111 Å². The highest BCUT2D eigenvalue weighted by atomic mass is 32.2. The van der Waals surface area contributed by atoms with Crippen LogP contribution in [0.3, 0.4) is 0 Å². The number of carbonyl (C=O) groups excluding carboxylic acids is 1. The van der Waals surface area contributed by atoms with Gasteiger partial charge in [-0.25, -0.2) is 4.79 Å². The van der Waals surface area contributed by atoms with Crippen LogP contribution >= 0.6 is 11.8 Å². The molecule has 98 valence electrons. The third kappa shape index (κ3) is 3.77. The minimum atomic E-state index is -1.27. The highest BCUT2D eigenvalue weighted by Crippen LogP contribution is 2.12. The Hall–Kier alpha value is -1.49. The van der Waals surface area contributed by atoms with Crippen LogP contribution in [0.5, 0.6) is 0 Å². The average Bonchev–Trinajstić information content (AvgIpc) is 2.29. The summed E-state index contributed by atoms with van der Waals surface area (Å²) in [6.07, 6.45) is 1.99. The Kier molecular flexibility index (Phi) is 4.78. The average molecular weight is 267 g/mol. The molecular formula is C13H17NO3S. The van der Waals surface area contributed by atoms with Gasteiger partial charge in [-0.15, -0.1) is 0 Å². The molecule has 4 nitrogen and oxygen atoms in total. The fourth-order valence-electron chi connectivity index (χ4n) is 1.38. The molecule has 0 bridgehead atoms. The second-order valence-electron chi connectivity index (χ2n) is 4.52. The number of carboxylic acid groups (broad SMARTS) is 1. The Morgan fingerprint density at radius 3 is 2.61 bits per heavy atom. The Morgan fingerprint density at radius 1 is 1.39 bits per heavy atom. The topological polar surface area (TPSA) is 66.4 Å². The van der Waals surface area contributed by atoms with Gasteiger partial charge in [-0.1, -0.05) is 12.1 Å². The molecule has 1 amide bonds. The maximum atomic E-state index is 11.9. The summed E-state index contributed by atoms with van der Waals surface area (Å²) in [6.45, 7) is 2.91. The van der Waals surface area contributed by atoms with Crippen molar-refractivity contribution < 1.29 is 14.7 Å². The van der Waals surface area contributed by atoms with Gasteiger partial charge < -0.3 is 10.4 Å². The molecule has 0 heterocycles. The molecule has 0 aliphatic rings. The van der Waals surface area contributed by atoms with Crippen molar-refractivity contribution in [2.45, 2.75) is 25.1 Å². The van der Waals surface area contributed by atoms with Crippen LogP contribution in [0.2, 0.25) is 0 Å². The number of amides is 1. The van der Waals surface area contributed by atoms with E-state index in [9.17, 15) is 9.59 Å². The third-order valence-electron chi connectivity index (χ3n) is 2.46. The minimum Gasteiger partial charge on any atom is -0.480 e. The lowest BCUT2D eigenvalue weighted by atomic mass is 10.0. The zero-order valence-corrected chi connectivity index (χ0v) is 11.5. The van der Waals surface area contributed by atoms with Gasteiger partial charge in [-0.05, 0) is 37.8 Å². The van der Waals surface area contributed by atoms with Crippen LogP contribution in [0.15, 0.2) is 24.3 Å². The first-order valence-corrected chi connectivity index (χ1v) is 6.90. The molecule has 2 N–H and O–H groups in total. The molecule has 0 saturated carbocycles. The molecule has 5 heteroatoms. The van der Waals surface area contributed by atoms with E-state index in [1.54, 1.807) is 30.0 Å². The Balaban J connectivity index is 2.84. The molecule has 1 rings (SSSR count). The van der Waals surface area contributed by atoms with Crippen LogP contribution in [-0.4, -0.2) is 28.8 Å². The van der Waals surface area contributed by atoms with E-state index in [0.29, 0.717) is 5.56 Å². The van der Waals surface area contributed by atoms with E-state index in [4.69, 9.17) is 5.11 Å². The lowest BCUT2D eigenvalue weighted by Crippen LogP contribution is -2.49. The first-order chi connectivity index (χ1) is 8.36. The third-order valence-corrected chi connectivity index (χ3v) is 3.08. The lowest BCUT2D eigenvalue weighted by Gasteiger charge is -2.21. The highest BCUT2D eigenvalue weighted by molar-refractivity contribution is 7.97. The summed E-state index contributed by atoms with van der Waals surface area (Å²) in [6, 6.07) is 7.20. The summed E-state index contributed by atoms with van der Waals surface area (Å²) in [5.74, 6) is -0.606. The molecule has 1 aromatic carbocycles. The second kappa shape index (κ2) is 5.91. The number of aliphatic carboxylic acids is 1. The van der Waals surface area contributed by atoms with Gasteiger partial charge in [0.2, 0.25) is 0 Å². The van der Waals surface area contributed by atoms with E-state index in [2.05, 4.69) is 5.32 Å². The predicted octanol–water partition coefficient (Wildman–Crippen LogP) is 2.14. The van der Waals surface area contributed by atoms with Crippen molar-refractivity contribution in [2.75, 3.05) is 6.26 Å². The number of benzene rings is 1. The molecule has 18 heavy (non-hydrogen) atoms. The van der Waals surface area contributed by atoms with Gasteiger partial charge in [0, 0.05) is 11.3 Å². The largest absolute Gasteiger partial charge is 0.480 e. The van der Waals surface area contributed by atoms with Gasteiger partial charge in [0.05, 0.1) is 0 Å². The Morgan fingerprint density at radius 2 is 2.06 bits per heavy atom. The van der Waals surface area contributed by atoms with Crippen LogP contribution < -0.4 is 5.32 Å². The number of thioether (sulfide) groups is 1. The molecule has 0 radical (unpaired) electrons. The maximum Gasteiger partial charge on any atom is 0.328 e. The maximum absolute atomic E-state index is 11.9. The van der Waals surface area contributed by atoms with E-state index in [0.717, 1.165) is 11.3 Å². The Bertz CT molecular complexity index is 457. The number of nitrogens with one attached hydrogen (secondary N) is 1. The van der Waals surface area contributed by atoms with Gasteiger partial charge >= 0.3 is 5.97 Å². The molecule has 0 unspecified atom stereocenters. The fourth-order valence-corrected chi connectivity index (χ4v) is 1.89. The highest BCUT2D eigenvalue weighted by Gasteiger charge is 2.29. The monoisotopic (exact) mass is 267 g/mol. The summed E-state index contributed by atoms with van der Waals surface area (Å²) in [5.41, 5.74) is 0.256. The van der Waals surface area contributed by atoms with Crippen molar-refractivity contribution in [3.63, 3.8) is 0 Å². The van der Waals surface area contributed by atoms with Crippen LogP contribution in [-0.2, 0) is 10.5 Å². The zero-order valence-electron chi connectivity index (χ0n) is 10.7. The first kappa shape index (κ1) is 14.6. The van der Waals surface area contributed by atoms with E-state index in [1.165, 1.54) is 13.8 Å². The zero-order chi connectivity index (χ0) is 13.8. The fraction of sp³-hybridized carbons (Fsp3) is 0.385. The van der Waals surface area contributed by atoms with Gasteiger partial charge in [-0.3, -0.25) is 4.79 Å². The number of hydrogen-bond acceptors (Lipinski definition) is 3. The van der Waals surface area contributed by atoms with Crippen LogP contribution in [0.1, 0.15) is 29.8 Å². The van der Waals surface area contributed by atoms with E-state index >= 15 is 0 Å². The summed E-state index contributed by atoms with van der Waals surface area (Å²) < 4.78 is 0. The summed E-state index contributed by atoms with van der Waals surface area (Å²) >= 11 is 1.67. The van der Waals surface area contributed by atoms with E-state index in [1.807, 2.05) is 12.3 Å². The molecule has 1 aromatic rings. The van der Waals surface area contributed by atoms with Crippen molar-refractivity contribution in [1.82, 2.24) is 5.32 Å².